The van der Waals surface area contributed by atoms with Gasteiger partial charge in [-0.15, -0.1) is 0 Å². The van der Waals surface area contributed by atoms with Crippen molar-refractivity contribution in [2.75, 3.05) is 28.6 Å². The smallest absolute Gasteiger partial charge is 0.307 e. The van der Waals surface area contributed by atoms with E-state index >= 15 is 0 Å². The molecule has 0 spiro atoms. The van der Waals surface area contributed by atoms with Gasteiger partial charge in [-0.05, 0) is 36.8 Å². The molecule has 1 unspecified atom stereocenters. The van der Waals surface area contributed by atoms with Crippen molar-refractivity contribution in [2.24, 2.45) is 0 Å². The summed E-state index contributed by atoms with van der Waals surface area (Å²) >= 11 is 0. The van der Waals surface area contributed by atoms with E-state index in [2.05, 4.69) is 25.6 Å². The summed E-state index contributed by atoms with van der Waals surface area (Å²) in [6, 6.07) is 8.23. The first-order chi connectivity index (χ1) is 16.5. The molecule has 176 valence electrons. The fraction of sp³-hybridized carbons (Fsp3) is 0.261. The third kappa shape index (κ3) is 5.68. The van der Waals surface area contributed by atoms with E-state index in [9.17, 15) is 19.5 Å². The second-order valence-corrected chi connectivity index (χ2v) is 7.69. The molecule has 2 amide bonds. The zero-order chi connectivity index (χ0) is 23.9. The summed E-state index contributed by atoms with van der Waals surface area (Å²) in [6.45, 7) is 0.639. The highest BCUT2D eigenvalue weighted by molar-refractivity contribution is 6.07. The number of fused-ring (bicyclic) bond motifs is 1. The number of aromatic nitrogens is 3. The van der Waals surface area contributed by atoms with Gasteiger partial charge in [0.05, 0.1) is 24.2 Å². The van der Waals surface area contributed by atoms with E-state index < -0.39 is 12.1 Å². The number of imidazole rings is 1. The van der Waals surface area contributed by atoms with Gasteiger partial charge in [0.2, 0.25) is 5.91 Å². The van der Waals surface area contributed by atoms with E-state index in [1.165, 1.54) is 11.1 Å². The average Bonchev–Trinajstić information content (AvgIpc) is 3.35. The van der Waals surface area contributed by atoms with Gasteiger partial charge in [-0.2, -0.15) is 0 Å². The molecule has 0 saturated heterocycles. The van der Waals surface area contributed by atoms with Crippen LogP contribution >= 0.6 is 0 Å². The topological polar surface area (TPSA) is 150 Å². The number of aromatic amines is 1. The van der Waals surface area contributed by atoms with Crippen LogP contribution < -0.4 is 20.3 Å². The molecule has 1 aliphatic heterocycles. The van der Waals surface area contributed by atoms with Crippen molar-refractivity contribution in [3.8, 4) is 5.75 Å². The molecular weight excluding hydrogens is 440 g/mol. The molecule has 0 radical (unpaired) electrons. The number of pyridine rings is 1. The lowest BCUT2D eigenvalue weighted by Gasteiger charge is -2.34. The van der Waals surface area contributed by atoms with Crippen LogP contribution in [-0.2, 0) is 9.59 Å². The number of hydrogen-bond acceptors (Lipinski definition) is 7. The lowest BCUT2D eigenvalue weighted by molar-refractivity contribution is -0.138. The Hall–Kier alpha value is -4.41. The molecule has 1 atom stereocenters. The number of nitrogens with zero attached hydrogens (tertiary/aromatic N) is 3. The quantitative estimate of drug-likeness (QED) is 0.353. The van der Waals surface area contributed by atoms with E-state index in [4.69, 9.17) is 4.74 Å². The Labute approximate surface area is 195 Å². The summed E-state index contributed by atoms with van der Waals surface area (Å²) in [5.74, 6) is -0.509. The van der Waals surface area contributed by atoms with Crippen LogP contribution in [0.2, 0.25) is 0 Å². The number of H-pyrrole nitrogens is 1. The van der Waals surface area contributed by atoms with Crippen LogP contribution in [0.15, 0.2) is 55.1 Å². The molecule has 34 heavy (non-hydrogen) atoms. The first-order valence-corrected chi connectivity index (χ1v) is 10.8. The Morgan fingerprint density at radius 1 is 1.24 bits per heavy atom. The number of hydrogen-bond donors (Lipinski definition) is 4. The molecule has 4 N–H and O–H groups in total. The van der Waals surface area contributed by atoms with Gasteiger partial charge in [0, 0.05) is 43.4 Å². The number of nitrogens with one attached hydrogen (secondary N) is 3. The third-order valence-corrected chi connectivity index (χ3v) is 5.14. The molecule has 11 nitrogen and oxygen atoms in total. The monoisotopic (exact) mass is 464 g/mol. The number of aliphatic carboxylic acids is 1. The molecule has 1 aliphatic rings. The van der Waals surface area contributed by atoms with Crippen molar-refractivity contribution < 1.29 is 24.2 Å². The van der Waals surface area contributed by atoms with Crippen LogP contribution in [0, 0.1) is 0 Å². The van der Waals surface area contributed by atoms with E-state index in [0.717, 1.165) is 0 Å². The molecule has 3 heterocycles. The Balaban J connectivity index is 1.45. The van der Waals surface area contributed by atoms with Crippen molar-refractivity contribution in [3.05, 3.63) is 60.7 Å². The molecule has 0 bridgehead atoms. The SMILES string of the molecule is O=C(O)CC1CN(C(=O)c2cccnc2)c2cc(NC(=O)CCCNc3ncc[nH]3)ccc2O1. The molecule has 4 rings (SSSR count). The number of benzene rings is 1. The van der Waals surface area contributed by atoms with Crippen molar-refractivity contribution in [2.45, 2.75) is 25.4 Å². The number of rotatable bonds is 9. The second kappa shape index (κ2) is 10.5. The molecule has 0 aliphatic carbocycles. The van der Waals surface area contributed by atoms with Crippen molar-refractivity contribution in [1.29, 1.82) is 0 Å². The Kier molecular flexibility index (Phi) is 7.01. The van der Waals surface area contributed by atoms with Gasteiger partial charge in [0.25, 0.3) is 5.91 Å². The standard InChI is InChI=1S/C23H24N6O5/c30-20(4-2-8-25-23-26-9-10-27-23)28-16-5-6-19-18(11-16)29(14-17(34-19)12-21(31)32)22(33)15-3-1-7-24-13-15/h1,3,5-7,9-11,13,17H,2,4,8,12,14H2,(H,28,30)(H,31,32)(H2,25,26,27). The maximum atomic E-state index is 13.2. The highest BCUT2D eigenvalue weighted by Crippen LogP contribution is 2.37. The van der Waals surface area contributed by atoms with Gasteiger partial charge in [0.1, 0.15) is 11.9 Å². The highest BCUT2D eigenvalue weighted by atomic mass is 16.5. The maximum absolute atomic E-state index is 13.2. The number of ether oxygens (including phenoxy) is 1. The van der Waals surface area contributed by atoms with Gasteiger partial charge in [0.15, 0.2) is 5.95 Å². The first kappa shape index (κ1) is 22.8. The van der Waals surface area contributed by atoms with E-state index in [1.54, 1.807) is 48.9 Å². The molecule has 11 heteroatoms. The molecule has 0 fully saturated rings. The lowest BCUT2D eigenvalue weighted by Crippen LogP contribution is -2.44. The first-order valence-electron chi connectivity index (χ1n) is 10.8. The van der Waals surface area contributed by atoms with Crippen LogP contribution in [0.1, 0.15) is 29.6 Å². The van der Waals surface area contributed by atoms with Crippen molar-refractivity contribution in [3.63, 3.8) is 0 Å². The molecule has 2 aromatic heterocycles. The van der Waals surface area contributed by atoms with Crippen LogP contribution in [0.25, 0.3) is 0 Å². The maximum Gasteiger partial charge on any atom is 0.307 e. The normalized spacial score (nSPS) is 14.6. The van der Waals surface area contributed by atoms with Crippen molar-refractivity contribution >= 4 is 35.1 Å². The third-order valence-electron chi connectivity index (χ3n) is 5.14. The lowest BCUT2D eigenvalue weighted by atomic mass is 10.1. The van der Waals surface area contributed by atoms with Gasteiger partial charge in [-0.1, -0.05) is 0 Å². The summed E-state index contributed by atoms with van der Waals surface area (Å²) < 4.78 is 5.81. The summed E-state index contributed by atoms with van der Waals surface area (Å²) in [5, 5.41) is 15.1. The van der Waals surface area contributed by atoms with Crippen LogP contribution in [0.5, 0.6) is 5.75 Å². The average molecular weight is 464 g/mol. The minimum Gasteiger partial charge on any atom is -0.486 e. The Bertz CT molecular complexity index is 1150. The zero-order valence-corrected chi connectivity index (χ0v) is 18.2. The minimum atomic E-state index is -1.02. The number of amides is 2. The largest absolute Gasteiger partial charge is 0.486 e. The second-order valence-electron chi connectivity index (χ2n) is 7.69. The predicted octanol–water partition coefficient (Wildman–Crippen LogP) is 2.52. The molecule has 3 aromatic rings. The highest BCUT2D eigenvalue weighted by Gasteiger charge is 2.32. The van der Waals surface area contributed by atoms with E-state index in [1.807, 2.05) is 0 Å². The number of anilines is 3. The van der Waals surface area contributed by atoms with Gasteiger partial charge >= 0.3 is 5.97 Å². The van der Waals surface area contributed by atoms with Crippen LogP contribution in [-0.4, -0.2) is 57.0 Å². The number of carbonyl (C=O) groups excluding carboxylic acids is 2. The fourth-order valence-corrected chi connectivity index (χ4v) is 3.60. The predicted molar refractivity (Wildman–Crippen MR) is 124 cm³/mol. The van der Waals surface area contributed by atoms with Crippen LogP contribution in [0.3, 0.4) is 0 Å². The minimum absolute atomic E-state index is 0.0584. The number of carboxylic acids is 1. The Morgan fingerprint density at radius 3 is 2.85 bits per heavy atom. The van der Waals surface area contributed by atoms with Gasteiger partial charge in [-0.25, -0.2) is 4.98 Å². The number of carboxylic acid groups (broad SMARTS) is 1. The van der Waals surface area contributed by atoms with Crippen LogP contribution in [0.4, 0.5) is 17.3 Å². The fourth-order valence-electron chi connectivity index (χ4n) is 3.60. The summed E-state index contributed by atoms with van der Waals surface area (Å²) in [7, 11) is 0. The molecular formula is C23H24N6O5. The zero-order valence-electron chi connectivity index (χ0n) is 18.2. The van der Waals surface area contributed by atoms with Gasteiger partial charge in [-0.3, -0.25) is 19.4 Å². The summed E-state index contributed by atoms with van der Waals surface area (Å²) in [5.41, 5.74) is 1.32. The molecule has 0 saturated carbocycles. The number of carbonyl (C=O) groups is 3. The van der Waals surface area contributed by atoms with Crippen molar-refractivity contribution in [1.82, 2.24) is 15.0 Å². The Morgan fingerprint density at radius 2 is 2.12 bits per heavy atom. The summed E-state index contributed by atoms with van der Waals surface area (Å²) in [6.07, 6.45) is 6.31. The molecule has 1 aromatic carbocycles. The van der Waals surface area contributed by atoms with E-state index in [-0.39, 0.29) is 24.8 Å². The summed E-state index contributed by atoms with van der Waals surface area (Å²) in [4.78, 5) is 49.3. The van der Waals surface area contributed by atoms with E-state index in [0.29, 0.717) is 48.0 Å². The van der Waals surface area contributed by atoms with Gasteiger partial charge < -0.3 is 30.4 Å².